The second-order valence-electron chi connectivity index (χ2n) is 32.0. The van der Waals surface area contributed by atoms with Crippen LogP contribution in [0.5, 0.6) is 5.75 Å². The molecule has 79 heavy (non-hydrogen) atoms. The van der Waals surface area contributed by atoms with Crippen LogP contribution in [0.2, 0.25) is 98.2 Å². The predicted octanol–water partition coefficient (Wildman–Crippen LogP) is 18.6. The highest BCUT2D eigenvalue weighted by atomic mass is 28.4. The van der Waals surface area contributed by atoms with Crippen LogP contribution >= 0.6 is 0 Å². The van der Waals surface area contributed by atoms with E-state index in [4.69, 9.17) is 31.9 Å². The van der Waals surface area contributed by atoms with Crippen LogP contribution < -0.4 is 4.74 Å². The van der Waals surface area contributed by atoms with Crippen molar-refractivity contribution < 1.29 is 46.3 Å². The van der Waals surface area contributed by atoms with Crippen LogP contribution in [-0.4, -0.2) is 104 Å². The molecule has 10 nitrogen and oxygen atoms in total. The van der Waals surface area contributed by atoms with E-state index in [1.807, 2.05) is 45.0 Å². The van der Waals surface area contributed by atoms with Gasteiger partial charge >= 0.3 is 5.97 Å². The third-order valence-electron chi connectivity index (χ3n) is 19.1. The summed E-state index contributed by atoms with van der Waals surface area (Å²) in [5.41, 5.74) is -0.425. The molecule has 0 aliphatic heterocycles. The fourth-order valence-corrected chi connectivity index (χ4v) is 15.2. The first-order chi connectivity index (χ1) is 35.1. The minimum Gasteiger partial charge on any atom is -0.497 e. The average molecular weight is 1200 g/mol. The highest BCUT2D eigenvalue weighted by molar-refractivity contribution is 6.76. The summed E-state index contributed by atoms with van der Waals surface area (Å²) in [6.45, 7) is 73.8. The van der Waals surface area contributed by atoms with Crippen molar-refractivity contribution in [3.63, 3.8) is 0 Å². The van der Waals surface area contributed by atoms with E-state index in [0.717, 1.165) is 30.2 Å². The molecule has 0 aliphatic rings. The Hall–Kier alpha value is -1.29. The summed E-state index contributed by atoms with van der Waals surface area (Å²) in [4.78, 5) is 41.8. The maximum atomic E-state index is 14.4. The summed E-state index contributed by atoms with van der Waals surface area (Å²) in [6, 6.07) is 8.87. The Morgan fingerprint density at radius 3 is 1.19 bits per heavy atom. The van der Waals surface area contributed by atoms with Crippen LogP contribution in [0, 0.1) is 34.5 Å². The van der Waals surface area contributed by atoms with E-state index >= 15 is 0 Å². The molecule has 0 heterocycles. The molecule has 1 aromatic rings. The maximum absolute atomic E-state index is 14.4. The number of Topliss-reactive ketones (excluding diaryl/α,β-unsaturated/α-hetero) is 2. The zero-order chi connectivity index (χ0) is 62.7. The highest BCUT2D eigenvalue weighted by Crippen LogP contribution is 2.46. The molecule has 8 atom stereocenters. The monoisotopic (exact) mass is 1200 g/mol. The molecule has 0 aliphatic carbocycles. The van der Waals surface area contributed by atoms with Gasteiger partial charge < -0.3 is 31.9 Å². The Kier molecular flexibility index (Phi) is 29.2. The van der Waals surface area contributed by atoms with Crippen molar-refractivity contribution >= 4 is 58.9 Å². The summed E-state index contributed by atoms with van der Waals surface area (Å²) in [5, 5.41) is 0.104. The van der Waals surface area contributed by atoms with Gasteiger partial charge in [0.2, 0.25) is 0 Å². The summed E-state index contributed by atoms with van der Waals surface area (Å²) in [6.07, 6.45) is 0.697. The first kappa shape index (κ1) is 77.7. The molecule has 0 amide bonds. The molecule has 0 fully saturated rings. The molecule has 15 heteroatoms. The van der Waals surface area contributed by atoms with Crippen molar-refractivity contribution in [2.24, 2.45) is 34.5 Å². The Balaban J connectivity index is 0.00000154. The fraction of sp³-hybridized carbons (Fsp3) is 0.859. The highest BCUT2D eigenvalue weighted by Gasteiger charge is 2.52. The second kappa shape index (κ2) is 29.7. The normalized spacial score (nSPS) is 17.1. The minimum atomic E-state index is -2.28. The Bertz CT molecular complexity index is 2010. The molecule has 0 aromatic heterocycles. The van der Waals surface area contributed by atoms with Gasteiger partial charge in [0.15, 0.2) is 33.3 Å². The summed E-state index contributed by atoms with van der Waals surface area (Å²) in [7, 11) is -8.26. The average Bonchev–Trinajstić information content (AvgIpc) is 3.28. The molecular weight excluding hydrogens is 1070 g/mol. The zero-order valence-electron chi connectivity index (χ0n) is 58.0. The van der Waals surface area contributed by atoms with E-state index in [2.05, 4.69) is 204 Å². The number of esters is 1. The van der Waals surface area contributed by atoms with E-state index in [1.165, 1.54) is 0 Å². The quantitative estimate of drug-likeness (QED) is 0.0545. The van der Waals surface area contributed by atoms with E-state index < -0.39 is 58.3 Å². The zero-order valence-corrected chi connectivity index (χ0v) is 63.0. The molecule has 1 aromatic carbocycles. The van der Waals surface area contributed by atoms with Crippen LogP contribution in [0.4, 0.5) is 0 Å². The number of hydrogen-bond donors (Lipinski definition) is 0. The van der Waals surface area contributed by atoms with Crippen molar-refractivity contribution in [2.45, 2.75) is 301 Å². The van der Waals surface area contributed by atoms with Crippen molar-refractivity contribution in [3.8, 4) is 5.75 Å². The van der Waals surface area contributed by atoms with Crippen LogP contribution in [0.1, 0.15) is 177 Å². The number of rotatable bonds is 30. The molecule has 0 bridgehead atoms. The molecule has 0 unspecified atom stereocenters. The largest absolute Gasteiger partial charge is 0.497 e. The van der Waals surface area contributed by atoms with Crippen molar-refractivity contribution in [1.82, 2.24) is 0 Å². The molecule has 0 spiro atoms. The topological polar surface area (TPSA) is 116 Å². The molecule has 464 valence electrons. The lowest BCUT2D eigenvalue weighted by Gasteiger charge is -2.46. The van der Waals surface area contributed by atoms with Crippen molar-refractivity contribution in [2.75, 3.05) is 20.3 Å². The number of benzene rings is 1. The van der Waals surface area contributed by atoms with Gasteiger partial charge in [0.05, 0.1) is 57.8 Å². The number of carbonyl (C=O) groups excluding carboxylic acids is 3. The van der Waals surface area contributed by atoms with Gasteiger partial charge in [0.1, 0.15) is 17.3 Å². The summed E-state index contributed by atoms with van der Waals surface area (Å²) in [5.74, 6) is 0.537. The molecule has 0 N–H and O–H groups in total. The molecule has 0 saturated carbocycles. The number of methoxy groups -OCH3 is 1. The van der Waals surface area contributed by atoms with Gasteiger partial charge in [0.25, 0.3) is 0 Å². The Morgan fingerprint density at radius 1 is 0.494 bits per heavy atom. The van der Waals surface area contributed by atoms with Gasteiger partial charge in [-0.25, -0.2) is 0 Å². The van der Waals surface area contributed by atoms with E-state index in [9.17, 15) is 14.4 Å². The van der Waals surface area contributed by atoms with Crippen LogP contribution in [-0.2, 0) is 48.2 Å². The first-order valence-corrected chi connectivity index (χ1v) is 45.6. The van der Waals surface area contributed by atoms with Crippen LogP contribution in [0.3, 0.4) is 0 Å². The molecule has 0 saturated heterocycles. The molecule has 1 rings (SSSR count). The predicted molar refractivity (Wildman–Crippen MR) is 349 cm³/mol. The Morgan fingerprint density at radius 2 is 0.848 bits per heavy atom. The van der Waals surface area contributed by atoms with Gasteiger partial charge in [-0.3, -0.25) is 14.4 Å². The van der Waals surface area contributed by atoms with Crippen LogP contribution in [0.15, 0.2) is 24.3 Å². The van der Waals surface area contributed by atoms with Gasteiger partial charge in [0, 0.05) is 36.7 Å². The summed E-state index contributed by atoms with van der Waals surface area (Å²) >= 11 is 0. The van der Waals surface area contributed by atoms with E-state index in [0.29, 0.717) is 19.8 Å². The minimum absolute atomic E-state index is 0.0323. The number of carbonyl (C=O) groups is 3. The lowest BCUT2D eigenvalue weighted by Crippen LogP contribution is -2.54. The Labute approximate surface area is 493 Å². The van der Waals surface area contributed by atoms with Gasteiger partial charge in [-0.2, -0.15) is 0 Å². The second-order valence-corrected chi connectivity index (χ2v) is 56.7. The number of ketones is 2. The van der Waals surface area contributed by atoms with Gasteiger partial charge in [-0.05, 0) is 109 Å². The lowest BCUT2D eigenvalue weighted by molar-refractivity contribution is -0.150. The lowest BCUT2D eigenvalue weighted by atomic mass is 9.73. The van der Waals surface area contributed by atoms with Crippen molar-refractivity contribution in [3.05, 3.63) is 29.8 Å². The third kappa shape index (κ3) is 23.3. The summed E-state index contributed by atoms with van der Waals surface area (Å²) < 4.78 is 44.9. The molecular formula is C64H128O10Si5. The smallest absolute Gasteiger partial charge is 0.308 e. The van der Waals surface area contributed by atoms with Crippen LogP contribution in [0.25, 0.3) is 0 Å². The number of ether oxygens (including phenoxy) is 3. The standard InChI is InChI=1S/C33H62O5Si2.C31H66O5Si3/c1-17-28(37-39(13,14)31(4,5)6)33(10,11)30(34)25(3)29(38-40(15,16)32(7,8)9)24(2)22-36-23-26-18-20-27(35-12)21-19-26;1-19-23(2)27(36-39(17,18)30(7,8)9)24(3)28(33)31(10,11)25(35-38(15,16)29(4,5)6)22-26(32)34-20-21-37(12,13)14/h18-21,24-25,28-29H,17,22-23H2,1-16H3;23-25,27H,19-22H2,1-18H3/t24-,25+,28-,29-;23-,24+,25-,27-/m00/s1. The van der Waals surface area contributed by atoms with Gasteiger partial charge in [-0.15, -0.1) is 0 Å². The molecule has 0 radical (unpaired) electrons. The first-order valence-electron chi connectivity index (χ1n) is 30.3. The third-order valence-corrected chi connectivity index (χ3v) is 38.7. The van der Waals surface area contributed by atoms with Gasteiger partial charge in [-0.1, -0.05) is 191 Å². The maximum Gasteiger partial charge on any atom is 0.308 e. The number of hydrogen-bond acceptors (Lipinski definition) is 10. The SMILES string of the molecule is CC[C@H](C)[C@H](O[Si](C)(C)C(C)(C)C)[C@@H](C)C(=O)C(C)(C)[C@H](CC(=O)OCC[Si](C)(C)C)O[Si](C)(C)C(C)(C)C.CC[C@H](O[Si](C)(C)C(C)(C)C)C(C)(C)C(=O)[C@H](C)[C@@H](O[Si](C)(C)C(C)(C)C)[C@@H](C)COCc1ccc(OC)cc1. The van der Waals surface area contributed by atoms with E-state index in [1.54, 1.807) is 7.11 Å². The van der Waals surface area contributed by atoms with E-state index in [-0.39, 0.29) is 86.1 Å². The van der Waals surface area contributed by atoms with Crippen molar-refractivity contribution in [1.29, 1.82) is 0 Å². The fourth-order valence-electron chi connectivity index (χ4n) is 8.59.